The zero-order valence-corrected chi connectivity index (χ0v) is 11.7. The molecule has 0 bridgehead atoms. The predicted octanol–water partition coefficient (Wildman–Crippen LogP) is 2.08. The van der Waals surface area contributed by atoms with Crippen molar-refractivity contribution in [2.24, 2.45) is 10.8 Å². The van der Waals surface area contributed by atoms with Crippen molar-refractivity contribution in [3.05, 3.63) is 0 Å². The maximum atomic E-state index is 11.9. The van der Waals surface area contributed by atoms with E-state index in [0.29, 0.717) is 6.54 Å². The predicted molar refractivity (Wildman–Crippen MR) is 70.2 cm³/mol. The lowest BCUT2D eigenvalue weighted by molar-refractivity contribution is -0.140. The number of amides is 1. The molecule has 0 spiro atoms. The Balaban J connectivity index is 2.54. The second kappa shape index (κ2) is 6.05. The minimum absolute atomic E-state index is 0.0576. The fraction of sp³-hybridized carbons (Fsp3) is 0.786. The van der Waals surface area contributed by atoms with E-state index < -0.39 is 11.4 Å². The van der Waals surface area contributed by atoms with Crippen LogP contribution in [0.2, 0.25) is 0 Å². The fourth-order valence-electron chi connectivity index (χ4n) is 2.62. The molecule has 0 heterocycles. The van der Waals surface area contributed by atoms with Crippen LogP contribution >= 0.6 is 0 Å². The summed E-state index contributed by atoms with van der Waals surface area (Å²) in [4.78, 5) is 22.9. The topological polar surface area (TPSA) is 90.2 Å². The van der Waals surface area contributed by atoms with Gasteiger partial charge in [-0.05, 0) is 32.1 Å². The molecule has 1 aliphatic rings. The summed E-state index contributed by atoms with van der Waals surface area (Å²) in [5.41, 5.74) is -0.974. The van der Waals surface area contributed by atoms with E-state index >= 15 is 0 Å². The van der Waals surface area contributed by atoms with Crippen LogP contribution in [0.4, 0.5) is 0 Å². The van der Waals surface area contributed by atoms with E-state index in [4.69, 9.17) is 10.4 Å². The van der Waals surface area contributed by atoms with Crippen LogP contribution in [0.1, 0.15) is 52.4 Å². The van der Waals surface area contributed by atoms with E-state index in [2.05, 4.69) is 11.4 Å². The Hall–Kier alpha value is -1.57. The number of carboxylic acid groups (broad SMARTS) is 1. The van der Waals surface area contributed by atoms with Gasteiger partial charge in [0.2, 0.25) is 5.91 Å². The SMILES string of the molecule is CC(C)(C#N)CNC(=O)CC1(CC(=O)O)CCCC1. The summed E-state index contributed by atoms with van der Waals surface area (Å²) in [7, 11) is 0. The minimum atomic E-state index is -0.841. The van der Waals surface area contributed by atoms with Crippen LogP contribution in [0.5, 0.6) is 0 Å². The first-order valence-electron chi connectivity index (χ1n) is 6.68. The molecule has 0 aromatic rings. The van der Waals surface area contributed by atoms with E-state index in [1.54, 1.807) is 13.8 Å². The molecule has 1 fully saturated rings. The molecule has 0 unspecified atom stereocenters. The first kappa shape index (κ1) is 15.5. The zero-order valence-electron chi connectivity index (χ0n) is 11.7. The number of nitrogens with zero attached hydrogens (tertiary/aromatic N) is 1. The molecular formula is C14H22N2O3. The lowest BCUT2D eigenvalue weighted by Crippen LogP contribution is -2.36. The molecule has 1 saturated carbocycles. The molecule has 0 radical (unpaired) electrons. The van der Waals surface area contributed by atoms with Crippen LogP contribution in [-0.4, -0.2) is 23.5 Å². The molecule has 1 amide bonds. The number of nitriles is 1. The molecule has 5 nitrogen and oxygen atoms in total. The number of nitrogens with one attached hydrogen (secondary N) is 1. The molecule has 0 saturated heterocycles. The molecule has 1 aliphatic carbocycles. The van der Waals surface area contributed by atoms with Crippen molar-refractivity contribution in [2.75, 3.05) is 6.54 Å². The van der Waals surface area contributed by atoms with Crippen LogP contribution in [0.15, 0.2) is 0 Å². The molecular weight excluding hydrogens is 244 g/mol. The van der Waals surface area contributed by atoms with E-state index in [1.165, 1.54) is 0 Å². The van der Waals surface area contributed by atoms with Gasteiger partial charge >= 0.3 is 5.97 Å². The Morgan fingerprint density at radius 3 is 2.37 bits per heavy atom. The van der Waals surface area contributed by atoms with E-state index in [0.717, 1.165) is 25.7 Å². The highest BCUT2D eigenvalue weighted by atomic mass is 16.4. The second-order valence-corrected chi connectivity index (χ2v) is 6.23. The Labute approximate surface area is 114 Å². The molecule has 19 heavy (non-hydrogen) atoms. The molecule has 2 N–H and O–H groups in total. The van der Waals surface area contributed by atoms with Crippen LogP contribution in [0.25, 0.3) is 0 Å². The Morgan fingerprint density at radius 1 is 1.32 bits per heavy atom. The molecule has 5 heteroatoms. The Morgan fingerprint density at radius 2 is 1.89 bits per heavy atom. The monoisotopic (exact) mass is 266 g/mol. The molecule has 0 atom stereocenters. The highest BCUT2D eigenvalue weighted by Crippen LogP contribution is 2.44. The summed E-state index contributed by atoms with van der Waals surface area (Å²) in [6, 6.07) is 2.12. The summed E-state index contributed by atoms with van der Waals surface area (Å²) in [5.74, 6) is -0.987. The van der Waals surface area contributed by atoms with E-state index in [9.17, 15) is 9.59 Å². The number of hydrogen-bond donors (Lipinski definition) is 2. The fourth-order valence-corrected chi connectivity index (χ4v) is 2.62. The van der Waals surface area contributed by atoms with Gasteiger partial charge in [-0.2, -0.15) is 5.26 Å². The quantitative estimate of drug-likeness (QED) is 0.770. The summed E-state index contributed by atoms with van der Waals surface area (Å²) in [6.07, 6.45) is 3.89. The smallest absolute Gasteiger partial charge is 0.303 e. The first-order valence-corrected chi connectivity index (χ1v) is 6.68. The number of carbonyl (C=O) groups is 2. The van der Waals surface area contributed by atoms with Gasteiger partial charge in [0.25, 0.3) is 0 Å². The van der Waals surface area contributed by atoms with Crippen molar-refractivity contribution in [1.29, 1.82) is 5.26 Å². The van der Waals surface area contributed by atoms with Gasteiger partial charge in [-0.3, -0.25) is 9.59 Å². The van der Waals surface area contributed by atoms with Gasteiger partial charge in [0, 0.05) is 13.0 Å². The average Bonchev–Trinajstić information content (AvgIpc) is 2.74. The van der Waals surface area contributed by atoms with Crippen molar-refractivity contribution in [2.45, 2.75) is 52.4 Å². The normalized spacial score (nSPS) is 17.7. The molecule has 0 aromatic heterocycles. The summed E-state index contributed by atoms with van der Waals surface area (Å²) in [5, 5.41) is 20.6. The minimum Gasteiger partial charge on any atom is -0.481 e. The van der Waals surface area contributed by atoms with Crippen molar-refractivity contribution in [3.8, 4) is 6.07 Å². The second-order valence-electron chi connectivity index (χ2n) is 6.23. The van der Waals surface area contributed by atoms with Gasteiger partial charge in [-0.1, -0.05) is 12.8 Å². The van der Waals surface area contributed by atoms with Crippen molar-refractivity contribution >= 4 is 11.9 Å². The van der Waals surface area contributed by atoms with Gasteiger partial charge in [-0.15, -0.1) is 0 Å². The number of aliphatic carboxylic acids is 1. The van der Waals surface area contributed by atoms with Crippen molar-refractivity contribution in [3.63, 3.8) is 0 Å². The lowest BCUT2D eigenvalue weighted by Gasteiger charge is -2.27. The summed E-state index contributed by atoms with van der Waals surface area (Å²) in [6.45, 7) is 3.82. The third kappa shape index (κ3) is 4.90. The van der Waals surface area contributed by atoms with Crippen LogP contribution in [-0.2, 0) is 9.59 Å². The molecule has 1 rings (SSSR count). The Kier molecular flexibility index (Phi) is 4.93. The van der Waals surface area contributed by atoms with Crippen molar-refractivity contribution < 1.29 is 14.7 Å². The van der Waals surface area contributed by atoms with E-state index in [-0.39, 0.29) is 24.2 Å². The summed E-state index contributed by atoms with van der Waals surface area (Å²) < 4.78 is 0. The largest absolute Gasteiger partial charge is 0.481 e. The maximum absolute atomic E-state index is 11.9. The number of carbonyl (C=O) groups excluding carboxylic acids is 1. The first-order chi connectivity index (χ1) is 8.79. The highest BCUT2D eigenvalue weighted by Gasteiger charge is 2.38. The van der Waals surface area contributed by atoms with Gasteiger partial charge in [0.1, 0.15) is 0 Å². The number of rotatable bonds is 6. The van der Waals surface area contributed by atoms with E-state index in [1.807, 2.05) is 0 Å². The Bertz CT molecular complexity index is 390. The van der Waals surface area contributed by atoms with Crippen LogP contribution in [0, 0.1) is 22.2 Å². The third-order valence-electron chi connectivity index (χ3n) is 3.76. The summed E-state index contributed by atoms with van der Waals surface area (Å²) >= 11 is 0. The molecule has 0 aromatic carbocycles. The highest BCUT2D eigenvalue weighted by molar-refractivity contribution is 5.78. The van der Waals surface area contributed by atoms with Crippen LogP contribution in [0.3, 0.4) is 0 Å². The standard InChI is InChI=1S/C14H22N2O3/c1-13(2,9-15)10-16-11(17)7-14(8-12(18)19)5-3-4-6-14/h3-8,10H2,1-2H3,(H,16,17)(H,18,19). The molecule has 0 aliphatic heterocycles. The molecule has 106 valence electrons. The average molecular weight is 266 g/mol. The van der Waals surface area contributed by atoms with Gasteiger partial charge < -0.3 is 10.4 Å². The third-order valence-corrected chi connectivity index (χ3v) is 3.76. The van der Waals surface area contributed by atoms with Crippen molar-refractivity contribution in [1.82, 2.24) is 5.32 Å². The lowest BCUT2D eigenvalue weighted by atomic mass is 9.79. The van der Waals surface area contributed by atoms with Gasteiger partial charge in [0.05, 0.1) is 17.9 Å². The zero-order chi connectivity index (χ0) is 14.5. The number of carboxylic acids is 1. The van der Waals surface area contributed by atoms with Crippen LogP contribution < -0.4 is 5.32 Å². The number of hydrogen-bond acceptors (Lipinski definition) is 3. The maximum Gasteiger partial charge on any atom is 0.303 e. The van der Waals surface area contributed by atoms with Gasteiger partial charge in [-0.25, -0.2) is 0 Å². The van der Waals surface area contributed by atoms with Gasteiger partial charge in [0.15, 0.2) is 0 Å².